The van der Waals surface area contributed by atoms with Gasteiger partial charge in [0.05, 0.1) is 26.8 Å². The Labute approximate surface area is 175 Å². The van der Waals surface area contributed by atoms with Gasteiger partial charge in [-0.3, -0.25) is 14.9 Å². The lowest BCUT2D eigenvalue weighted by Crippen LogP contribution is -2.44. The number of hydrogen-bond donors (Lipinski definition) is 1. The molecule has 2 aromatic carbocycles. The van der Waals surface area contributed by atoms with E-state index in [1.807, 2.05) is 11.9 Å². The Balaban J connectivity index is 1.88. The van der Waals surface area contributed by atoms with Crippen LogP contribution in [0.4, 0.5) is 30.2 Å². The Morgan fingerprint density at radius 1 is 1.13 bits per heavy atom. The molecule has 11 heteroatoms. The Morgan fingerprint density at radius 3 is 2.37 bits per heavy atom. The van der Waals surface area contributed by atoms with E-state index >= 15 is 0 Å². The van der Waals surface area contributed by atoms with Crippen molar-refractivity contribution in [3.8, 4) is 0 Å². The average Bonchev–Trinajstić information content (AvgIpc) is 2.68. The largest absolute Gasteiger partial charge is 0.418 e. The van der Waals surface area contributed by atoms with Gasteiger partial charge in [-0.1, -0.05) is 11.6 Å². The summed E-state index contributed by atoms with van der Waals surface area (Å²) in [5, 5.41) is 12.8. The number of carbonyl (C=O) groups excluding carboxylic acids is 1. The lowest BCUT2D eigenvalue weighted by molar-refractivity contribution is -0.384. The Bertz CT molecular complexity index is 976. The van der Waals surface area contributed by atoms with Crippen LogP contribution in [0, 0.1) is 10.1 Å². The zero-order valence-corrected chi connectivity index (χ0v) is 16.6. The summed E-state index contributed by atoms with van der Waals surface area (Å²) >= 11 is 5.90. The molecule has 1 fully saturated rings. The van der Waals surface area contributed by atoms with Gasteiger partial charge in [-0.05, 0) is 31.3 Å². The van der Waals surface area contributed by atoms with Gasteiger partial charge in [0.25, 0.3) is 11.6 Å². The maximum Gasteiger partial charge on any atom is 0.418 e. The molecule has 1 aliphatic heterocycles. The molecule has 7 nitrogen and oxygen atoms in total. The number of benzene rings is 2. The molecule has 0 unspecified atom stereocenters. The van der Waals surface area contributed by atoms with Crippen LogP contribution in [0.5, 0.6) is 0 Å². The van der Waals surface area contributed by atoms with E-state index in [1.165, 1.54) is 12.1 Å². The molecule has 30 heavy (non-hydrogen) atoms. The highest BCUT2D eigenvalue weighted by molar-refractivity contribution is 6.34. The summed E-state index contributed by atoms with van der Waals surface area (Å²) in [6.45, 7) is 2.66. The molecule has 160 valence electrons. The summed E-state index contributed by atoms with van der Waals surface area (Å²) in [5.74, 6) is -0.896. The van der Waals surface area contributed by atoms with E-state index in [0.29, 0.717) is 18.8 Å². The predicted octanol–water partition coefficient (Wildman–Crippen LogP) is 4.27. The van der Waals surface area contributed by atoms with Crippen molar-refractivity contribution in [3.05, 3.63) is 62.7 Å². The zero-order valence-electron chi connectivity index (χ0n) is 15.9. The molecule has 0 spiro atoms. The van der Waals surface area contributed by atoms with Crippen LogP contribution in [0.3, 0.4) is 0 Å². The van der Waals surface area contributed by atoms with Crippen molar-refractivity contribution in [2.45, 2.75) is 6.18 Å². The predicted molar refractivity (Wildman–Crippen MR) is 107 cm³/mol. The van der Waals surface area contributed by atoms with Crippen molar-refractivity contribution in [2.75, 3.05) is 43.4 Å². The minimum Gasteiger partial charge on any atom is -0.369 e. The normalized spacial score (nSPS) is 15.2. The van der Waals surface area contributed by atoms with Gasteiger partial charge in [0, 0.05) is 44.0 Å². The molecule has 1 amide bonds. The number of amides is 1. The van der Waals surface area contributed by atoms with Crippen molar-refractivity contribution >= 4 is 34.6 Å². The molecule has 0 saturated carbocycles. The van der Waals surface area contributed by atoms with Gasteiger partial charge in [-0.15, -0.1) is 0 Å². The molecule has 2 aromatic rings. The number of nitro groups is 1. The maximum absolute atomic E-state index is 13.7. The highest BCUT2D eigenvalue weighted by Crippen LogP contribution is 2.38. The number of halogens is 4. The van der Waals surface area contributed by atoms with Crippen LogP contribution in [-0.2, 0) is 6.18 Å². The van der Waals surface area contributed by atoms with Gasteiger partial charge < -0.3 is 15.1 Å². The van der Waals surface area contributed by atoms with Crippen LogP contribution >= 0.6 is 11.6 Å². The molecule has 0 bridgehead atoms. The Kier molecular flexibility index (Phi) is 6.18. The lowest BCUT2D eigenvalue weighted by Gasteiger charge is -2.34. The maximum atomic E-state index is 13.7. The number of non-ortho nitro benzene ring substituents is 1. The van der Waals surface area contributed by atoms with Gasteiger partial charge in [0.1, 0.15) is 0 Å². The summed E-state index contributed by atoms with van der Waals surface area (Å²) in [6.07, 6.45) is -4.69. The lowest BCUT2D eigenvalue weighted by atomic mass is 10.1. The minimum absolute atomic E-state index is 0.168. The number of likely N-dealkylation sites (N-methyl/N-ethyl adjacent to an activating group) is 1. The summed E-state index contributed by atoms with van der Waals surface area (Å²) in [4.78, 5) is 26.5. The minimum atomic E-state index is -4.69. The summed E-state index contributed by atoms with van der Waals surface area (Å²) in [7, 11) is 1.94. The van der Waals surface area contributed by atoms with Crippen LogP contribution in [0.25, 0.3) is 0 Å². The monoisotopic (exact) mass is 442 g/mol. The molecule has 0 atom stereocenters. The van der Waals surface area contributed by atoms with E-state index in [-0.39, 0.29) is 16.3 Å². The third-order valence-corrected chi connectivity index (χ3v) is 5.15. The van der Waals surface area contributed by atoms with E-state index in [1.54, 1.807) is 0 Å². The van der Waals surface area contributed by atoms with Crippen molar-refractivity contribution in [3.63, 3.8) is 0 Å². The van der Waals surface area contributed by atoms with E-state index in [4.69, 9.17) is 11.6 Å². The van der Waals surface area contributed by atoms with Crippen molar-refractivity contribution in [1.82, 2.24) is 4.90 Å². The highest BCUT2D eigenvalue weighted by atomic mass is 35.5. The number of hydrogen-bond acceptors (Lipinski definition) is 5. The molecule has 0 radical (unpaired) electrons. The van der Waals surface area contributed by atoms with Crippen LogP contribution in [0.15, 0.2) is 36.4 Å². The van der Waals surface area contributed by atoms with E-state index in [9.17, 15) is 28.1 Å². The fraction of sp³-hybridized carbons (Fsp3) is 0.316. The fourth-order valence-corrected chi connectivity index (χ4v) is 3.39. The van der Waals surface area contributed by atoms with Crippen molar-refractivity contribution in [2.24, 2.45) is 0 Å². The van der Waals surface area contributed by atoms with Gasteiger partial charge in [0.15, 0.2) is 0 Å². The van der Waals surface area contributed by atoms with Gasteiger partial charge in [-0.2, -0.15) is 13.2 Å². The van der Waals surface area contributed by atoms with Crippen LogP contribution in [-0.4, -0.2) is 49.0 Å². The summed E-state index contributed by atoms with van der Waals surface area (Å²) < 4.78 is 41.0. The number of nitrogens with zero attached hydrogens (tertiary/aromatic N) is 3. The first-order valence-electron chi connectivity index (χ1n) is 8.96. The third-order valence-electron chi connectivity index (χ3n) is 4.83. The number of rotatable bonds is 4. The first-order chi connectivity index (χ1) is 14.1. The first kappa shape index (κ1) is 21.8. The smallest absolute Gasteiger partial charge is 0.369 e. The van der Waals surface area contributed by atoms with E-state index in [2.05, 4.69) is 10.2 Å². The van der Waals surface area contributed by atoms with Gasteiger partial charge in [0.2, 0.25) is 0 Å². The highest BCUT2D eigenvalue weighted by Gasteiger charge is 2.35. The fourth-order valence-electron chi connectivity index (χ4n) is 3.13. The number of nitro benzene ring substituents is 1. The first-order valence-corrected chi connectivity index (χ1v) is 9.34. The van der Waals surface area contributed by atoms with Crippen molar-refractivity contribution < 1.29 is 22.9 Å². The second kappa shape index (κ2) is 8.49. The molecule has 3 rings (SSSR count). The number of nitrogens with one attached hydrogen (secondary N) is 1. The Morgan fingerprint density at radius 2 is 1.80 bits per heavy atom. The molecule has 1 heterocycles. The molecular weight excluding hydrogens is 425 g/mol. The van der Waals surface area contributed by atoms with Gasteiger partial charge >= 0.3 is 6.18 Å². The summed E-state index contributed by atoms with van der Waals surface area (Å²) in [5.41, 5.74) is -1.48. The molecular formula is C19H18ClF3N4O3. The molecule has 1 N–H and O–H groups in total. The second-order valence-electron chi connectivity index (χ2n) is 6.89. The number of anilines is 2. The number of carbonyl (C=O) groups is 1. The molecule has 1 saturated heterocycles. The summed E-state index contributed by atoms with van der Waals surface area (Å²) in [6, 6.07) is 6.86. The van der Waals surface area contributed by atoms with Crippen LogP contribution < -0.4 is 10.2 Å². The standard InChI is InChI=1S/C19H18ClF3N4O3/c1-25-6-8-26(9-7-25)12-3-5-17(15(10-12)19(21,22)23)24-18(28)14-4-2-13(27(29)30)11-16(14)20/h2-5,10-11H,6-9H2,1H3,(H,24,28). The topological polar surface area (TPSA) is 78.7 Å². The SMILES string of the molecule is CN1CCN(c2ccc(NC(=O)c3ccc([N+](=O)[O-])cc3Cl)c(C(F)(F)F)c2)CC1. The Hall–Kier alpha value is -2.85. The van der Waals surface area contributed by atoms with Crippen molar-refractivity contribution in [1.29, 1.82) is 0 Å². The average molecular weight is 443 g/mol. The molecule has 0 aliphatic carbocycles. The van der Waals surface area contributed by atoms with E-state index in [0.717, 1.165) is 37.4 Å². The number of piperazine rings is 1. The quantitative estimate of drug-likeness (QED) is 0.565. The van der Waals surface area contributed by atoms with Crippen LogP contribution in [0.1, 0.15) is 15.9 Å². The molecule has 1 aliphatic rings. The number of alkyl halides is 3. The van der Waals surface area contributed by atoms with E-state index < -0.39 is 28.3 Å². The van der Waals surface area contributed by atoms with Gasteiger partial charge in [-0.25, -0.2) is 0 Å². The second-order valence-corrected chi connectivity index (χ2v) is 7.30. The molecule has 0 aromatic heterocycles. The zero-order chi connectivity index (χ0) is 22.1. The van der Waals surface area contributed by atoms with Crippen LogP contribution in [0.2, 0.25) is 5.02 Å². The third kappa shape index (κ3) is 4.82.